The number of thiol groups is 1. The molecule has 3 aliphatic heterocycles. The van der Waals surface area contributed by atoms with Gasteiger partial charge in [0.15, 0.2) is 0 Å². The quantitative estimate of drug-likeness (QED) is 0.420. The molecule has 8 nitrogen and oxygen atoms in total. The van der Waals surface area contributed by atoms with Crippen molar-refractivity contribution < 1.29 is 37.8 Å². The van der Waals surface area contributed by atoms with Crippen LogP contribution in [0.1, 0.15) is 17.2 Å². The maximum atomic E-state index is 12.2. The molecule has 2 saturated heterocycles. The number of pyridine rings is 1. The number of carboxylic acid groups (broad SMARTS) is 2. The number of aromatic nitrogens is 1. The monoisotopic (exact) mass is 431 g/mol. The van der Waals surface area contributed by atoms with Gasteiger partial charge in [0.1, 0.15) is 11.7 Å². The summed E-state index contributed by atoms with van der Waals surface area (Å²) < 4.78 is 31.7. The average molecular weight is 431 g/mol. The van der Waals surface area contributed by atoms with E-state index in [-0.39, 0.29) is 34.9 Å². The first-order chi connectivity index (χ1) is 13.5. The van der Waals surface area contributed by atoms with Crippen molar-refractivity contribution in [2.45, 2.75) is 29.9 Å². The second-order valence-electron chi connectivity index (χ2n) is 6.71. The highest BCUT2D eigenvalue weighted by Gasteiger charge is 2.60. The molecule has 2 fully saturated rings. The number of carbonyl (C=O) groups excluding carboxylic acids is 1. The van der Waals surface area contributed by atoms with Crippen molar-refractivity contribution in [1.82, 2.24) is 15.2 Å². The van der Waals surface area contributed by atoms with Crippen LogP contribution >= 0.6 is 12.6 Å². The van der Waals surface area contributed by atoms with Gasteiger partial charge in [-0.3, -0.25) is 14.7 Å². The van der Waals surface area contributed by atoms with E-state index in [1.54, 1.807) is 12.4 Å². The van der Waals surface area contributed by atoms with Crippen molar-refractivity contribution in [3.8, 4) is 0 Å². The third-order valence-corrected chi connectivity index (χ3v) is 5.66. The number of rotatable bonds is 3. The van der Waals surface area contributed by atoms with Crippen LogP contribution in [0.5, 0.6) is 0 Å². The molecule has 3 N–H and O–H groups in total. The minimum absolute atomic E-state index is 0.0136. The SMILES string of the molecule is O=C(O)C(F)(F)F.O=C(O)C1=C(C(S)c2ccncc2)C[C@@H]2CN[C@@H]3C(=O)N1C23. The minimum Gasteiger partial charge on any atom is -0.477 e. The third kappa shape index (κ3) is 3.81. The van der Waals surface area contributed by atoms with Gasteiger partial charge < -0.3 is 15.5 Å². The number of β-lactam (4-membered cyclic amide) rings is 1. The molecule has 156 valence electrons. The number of hydrogen-bond donors (Lipinski definition) is 4. The van der Waals surface area contributed by atoms with Crippen LogP contribution in [0.4, 0.5) is 13.2 Å². The molecule has 3 aliphatic rings. The van der Waals surface area contributed by atoms with Crippen LogP contribution in [0.15, 0.2) is 35.8 Å². The van der Waals surface area contributed by atoms with E-state index < -0.39 is 18.1 Å². The number of carboxylic acids is 2. The molecule has 0 saturated carbocycles. The predicted molar refractivity (Wildman–Crippen MR) is 94.8 cm³/mol. The molecule has 0 aliphatic carbocycles. The summed E-state index contributed by atoms with van der Waals surface area (Å²) in [5, 5.41) is 19.6. The zero-order valence-electron chi connectivity index (χ0n) is 14.6. The summed E-state index contributed by atoms with van der Waals surface area (Å²) in [7, 11) is 0. The first-order valence-corrected chi connectivity index (χ1v) is 8.96. The number of nitrogens with one attached hydrogen (secondary N) is 1. The van der Waals surface area contributed by atoms with E-state index in [0.29, 0.717) is 12.0 Å². The molecule has 0 radical (unpaired) electrons. The lowest BCUT2D eigenvalue weighted by atomic mass is 9.78. The van der Waals surface area contributed by atoms with Gasteiger partial charge in [0, 0.05) is 18.9 Å². The second-order valence-corrected chi connectivity index (χ2v) is 7.23. The maximum Gasteiger partial charge on any atom is 0.490 e. The molecule has 1 aromatic heterocycles. The van der Waals surface area contributed by atoms with E-state index in [2.05, 4.69) is 22.9 Å². The van der Waals surface area contributed by atoms with Crippen molar-refractivity contribution in [3.63, 3.8) is 0 Å². The number of nitrogens with zero attached hydrogens (tertiary/aromatic N) is 2. The van der Waals surface area contributed by atoms with Crippen LogP contribution < -0.4 is 5.32 Å². The highest BCUT2D eigenvalue weighted by molar-refractivity contribution is 7.80. The second kappa shape index (κ2) is 7.67. The Kier molecular flexibility index (Phi) is 5.59. The Morgan fingerprint density at radius 3 is 2.38 bits per heavy atom. The van der Waals surface area contributed by atoms with Gasteiger partial charge in [-0.25, -0.2) is 9.59 Å². The number of aliphatic carboxylic acids is 2. The smallest absolute Gasteiger partial charge is 0.477 e. The lowest BCUT2D eigenvalue weighted by Gasteiger charge is -2.49. The fourth-order valence-electron chi connectivity index (χ4n) is 3.81. The van der Waals surface area contributed by atoms with Gasteiger partial charge in [-0.2, -0.15) is 25.8 Å². The van der Waals surface area contributed by atoms with Crippen molar-refractivity contribution in [2.75, 3.05) is 6.54 Å². The molecule has 4 rings (SSSR count). The largest absolute Gasteiger partial charge is 0.490 e. The number of amides is 1. The van der Waals surface area contributed by atoms with Crippen LogP contribution in [0, 0.1) is 5.92 Å². The molecule has 0 spiro atoms. The molecule has 1 amide bonds. The van der Waals surface area contributed by atoms with Crippen LogP contribution in [-0.4, -0.2) is 62.7 Å². The Bertz CT molecular complexity index is 877. The van der Waals surface area contributed by atoms with Gasteiger partial charge >= 0.3 is 18.1 Å². The normalized spacial score (nSPS) is 26.1. The predicted octanol–water partition coefficient (Wildman–Crippen LogP) is 1.23. The molecule has 4 atom stereocenters. The first-order valence-electron chi connectivity index (χ1n) is 8.45. The van der Waals surface area contributed by atoms with E-state index in [9.17, 15) is 27.9 Å². The zero-order chi connectivity index (χ0) is 21.5. The van der Waals surface area contributed by atoms with Gasteiger partial charge in [-0.15, -0.1) is 0 Å². The van der Waals surface area contributed by atoms with Gasteiger partial charge in [0.05, 0.1) is 11.3 Å². The highest BCUT2D eigenvalue weighted by Crippen LogP contribution is 2.47. The minimum atomic E-state index is -5.08. The Morgan fingerprint density at radius 1 is 1.28 bits per heavy atom. The third-order valence-electron chi connectivity index (χ3n) is 5.05. The highest BCUT2D eigenvalue weighted by atomic mass is 32.1. The van der Waals surface area contributed by atoms with E-state index in [4.69, 9.17) is 9.90 Å². The summed E-state index contributed by atoms with van der Waals surface area (Å²) in [5.74, 6) is -3.69. The zero-order valence-corrected chi connectivity index (χ0v) is 15.5. The van der Waals surface area contributed by atoms with Gasteiger partial charge in [0.2, 0.25) is 5.91 Å². The summed E-state index contributed by atoms with van der Waals surface area (Å²) >= 11 is 4.63. The topological polar surface area (TPSA) is 120 Å². The number of hydrogen-bond acceptors (Lipinski definition) is 6. The van der Waals surface area contributed by atoms with E-state index in [0.717, 1.165) is 12.1 Å². The molecule has 12 heteroatoms. The number of halogens is 3. The Labute approximate surface area is 167 Å². The summed E-state index contributed by atoms with van der Waals surface area (Å²) in [6, 6.07) is 3.42. The van der Waals surface area contributed by atoms with E-state index in [1.165, 1.54) is 4.90 Å². The maximum absolute atomic E-state index is 12.2. The molecule has 29 heavy (non-hydrogen) atoms. The lowest BCUT2D eigenvalue weighted by molar-refractivity contribution is -0.192. The molecular formula is C17H16F3N3O5S. The van der Waals surface area contributed by atoms with Crippen molar-refractivity contribution in [2.24, 2.45) is 5.92 Å². The van der Waals surface area contributed by atoms with Crippen molar-refractivity contribution >= 4 is 30.5 Å². The molecule has 0 aromatic carbocycles. The summed E-state index contributed by atoms with van der Waals surface area (Å²) in [6.45, 7) is 0.741. The fourth-order valence-corrected chi connectivity index (χ4v) is 4.21. The fraction of sp³-hybridized carbons (Fsp3) is 0.412. The van der Waals surface area contributed by atoms with Crippen molar-refractivity contribution in [3.05, 3.63) is 41.4 Å². The van der Waals surface area contributed by atoms with Crippen LogP contribution in [0.2, 0.25) is 0 Å². The van der Waals surface area contributed by atoms with E-state index in [1.807, 2.05) is 12.1 Å². The van der Waals surface area contributed by atoms with Crippen LogP contribution in [0.25, 0.3) is 0 Å². The standard InChI is InChI=1S/C15H15N3O3S.C2HF3O2/c19-14-10-11-8(6-17-10)5-9(12(15(20)21)18(11)14)13(22)7-1-3-16-4-2-7;3-2(4,5)1(6)7/h1-4,8,10-11,13,17,22H,5-6H2,(H,20,21);(H,6,7)/t8-,10+,11?,13?;/m1./s1. The van der Waals surface area contributed by atoms with Crippen LogP contribution in [-0.2, 0) is 14.4 Å². The summed E-state index contributed by atoms with van der Waals surface area (Å²) in [6.07, 6.45) is -1.11. The average Bonchev–Trinajstić information content (AvgIpc) is 3.07. The summed E-state index contributed by atoms with van der Waals surface area (Å²) in [4.78, 5) is 38.3. The van der Waals surface area contributed by atoms with Gasteiger partial charge in [-0.1, -0.05) is 0 Å². The van der Waals surface area contributed by atoms with E-state index >= 15 is 0 Å². The van der Waals surface area contributed by atoms with Crippen molar-refractivity contribution in [1.29, 1.82) is 0 Å². The molecule has 2 unspecified atom stereocenters. The Morgan fingerprint density at radius 2 is 1.86 bits per heavy atom. The van der Waals surface area contributed by atoms with Gasteiger partial charge in [-0.05, 0) is 35.6 Å². The summed E-state index contributed by atoms with van der Waals surface area (Å²) in [5.41, 5.74) is 1.71. The first kappa shape index (κ1) is 21.1. The molecular weight excluding hydrogens is 415 g/mol. The molecule has 1 aromatic rings. The Hall–Kier alpha value is -2.60. The number of carbonyl (C=O) groups is 3. The molecule has 4 heterocycles. The number of alkyl halides is 3. The lowest BCUT2D eigenvalue weighted by Crippen LogP contribution is -2.68. The molecule has 0 bridgehead atoms. The van der Waals surface area contributed by atoms with Crippen LogP contribution in [0.3, 0.4) is 0 Å². The van der Waals surface area contributed by atoms with Gasteiger partial charge in [0.25, 0.3) is 0 Å². The Balaban J connectivity index is 0.000000298.